The highest BCUT2D eigenvalue weighted by Gasteiger charge is 2.35. The zero-order valence-electron chi connectivity index (χ0n) is 19.2. The van der Waals surface area contributed by atoms with Crippen molar-refractivity contribution in [3.8, 4) is 17.1 Å². The predicted octanol–water partition coefficient (Wildman–Crippen LogP) is 5.82. The zero-order valence-corrected chi connectivity index (χ0v) is 20.0. The normalized spacial score (nSPS) is 15.0. The van der Waals surface area contributed by atoms with Crippen LogP contribution in [0.4, 0.5) is 10.1 Å². The number of nitrogens with zero attached hydrogens (tertiary/aromatic N) is 4. The number of hydrogen-bond donors (Lipinski definition) is 0. The van der Waals surface area contributed by atoms with Gasteiger partial charge in [0.25, 0.3) is 0 Å². The number of ether oxygens (including phenoxy) is 1. The Morgan fingerprint density at radius 3 is 2.58 bits per heavy atom. The molecule has 1 aliphatic heterocycles. The summed E-state index contributed by atoms with van der Waals surface area (Å²) >= 11 is 1.51. The van der Waals surface area contributed by atoms with Gasteiger partial charge in [-0.05, 0) is 42.2 Å². The number of halogens is 1. The van der Waals surface area contributed by atoms with Crippen molar-refractivity contribution in [1.29, 1.82) is 0 Å². The molecule has 0 aliphatic carbocycles. The molecule has 3 aromatic rings. The number of amides is 1. The quantitative estimate of drug-likeness (QED) is 0.426. The van der Waals surface area contributed by atoms with E-state index in [-0.39, 0.29) is 18.1 Å². The number of hydrogen-bond acceptors (Lipinski definition) is 6. The summed E-state index contributed by atoms with van der Waals surface area (Å²) in [7, 11) is 0. The molecule has 8 heteroatoms. The van der Waals surface area contributed by atoms with Crippen molar-refractivity contribution in [2.24, 2.45) is 5.92 Å². The van der Waals surface area contributed by atoms with Crippen LogP contribution in [0.3, 0.4) is 0 Å². The number of aryl methyl sites for hydroxylation is 1. The summed E-state index contributed by atoms with van der Waals surface area (Å²) in [6, 6.07) is 11.9. The third kappa shape index (κ3) is 4.85. The fourth-order valence-electron chi connectivity index (χ4n) is 3.62. The van der Waals surface area contributed by atoms with E-state index in [0.29, 0.717) is 33.9 Å². The largest absolute Gasteiger partial charge is 0.447 e. The van der Waals surface area contributed by atoms with Gasteiger partial charge in [0.15, 0.2) is 5.69 Å². The lowest BCUT2D eigenvalue weighted by Gasteiger charge is -2.30. The highest BCUT2D eigenvalue weighted by atomic mass is 32.2. The Kier molecular flexibility index (Phi) is 6.93. The Bertz CT molecular complexity index is 1150. The van der Waals surface area contributed by atoms with E-state index < -0.39 is 6.23 Å². The van der Waals surface area contributed by atoms with Crippen LogP contribution in [-0.2, 0) is 11.2 Å². The first-order valence-corrected chi connectivity index (χ1v) is 12.1. The lowest BCUT2D eigenvalue weighted by molar-refractivity contribution is -0.120. The van der Waals surface area contributed by atoms with Gasteiger partial charge in [0, 0.05) is 23.3 Å². The summed E-state index contributed by atoms with van der Waals surface area (Å²) in [5.74, 6) is 1.15. The first-order chi connectivity index (χ1) is 15.9. The average molecular weight is 467 g/mol. The second kappa shape index (κ2) is 9.87. The standard InChI is InChI=1S/C25H27FN4O2S/c1-5-16-7-12-20-19(13-16)22-23(27-25(29-28-22)33-14-15(3)4)32-24(30(20)21(31)6-2)17-8-10-18(26)11-9-17/h7-13,15,24H,5-6,14H2,1-4H3. The number of rotatable bonds is 6. The molecule has 1 atom stereocenters. The average Bonchev–Trinajstić information content (AvgIpc) is 2.96. The Morgan fingerprint density at radius 2 is 1.91 bits per heavy atom. The van der Waals surface area contributed by atoms with Crippen LogP contribution < -0.4 is 9.64 Å². The van der Waals surface area contributed by atoms with Crippen LogP contribution >= 0.6 is 11.8 Å². The van der Waals surface area contributed by atoms with Crippen molar-refractivity contribution in [1.82, 2.24) is 15.2 Å². The first kappa shape index (κ1) is 23.2. The maximum atomic E-state index is 13.7. The minimum atomic E-state index is -0.815. The monoisotopic (exact) mass is 466 g/mol. The van der Waals surface area contributed by atoms with E-state index >= 15 is 0 Å². The fourth-order valence-corrected chi connectivity index (χ4v) is 4.35. The van der Waals surface area contributed by atoms with Gasteiger partial charge in [-0.15, -0.1) is 10.2 Å². The molecule has 172 valence electrons. The lowest BCUT2D eigenvalue weighted by atomic mass is 10.0. The molecule has 0 spiro atoms. The molecule has 1 amide bonds. The van der Waals surface area contributed by atoms with Crippen LogP contribution in [0.5, 0.6) is 5.88 Å². The molecule has 1 aliphatic rings. The van der Waals surface area contributed by atoms with E-state index in [1.54, 1.807) is 24.0 Å². The van der Waals surface area contributed by atoms with E-state index in [1.807, 2.05) is 18.2 Å². The molecule has 0 saturated carbocycles. The molecular formula is C25H27FN4O2S. The van der Waals surface area contributed by atoms with Crippen LogP contribution in [-0.4, -0.2) is 26.8 Å². The Balaban J connectivity index is 1.91. The smallest absolute Gasteiger partial charge is 0.247 e. The van der Waals surface area contributed by atoms with E-state index in [9.17, 15) is 9.18 Å². The van der Waals surface area contributed by atoms with Crippen LogP contribution in [0.15, 0.2) is 47.6 Å². The van der Waals surface area contributed by atoms with Crippen molar-refractivity contribution in [3.63, 3.8) is 0 Å². The number of carbonyl (C=O) groups is 1. The lowest BCUT2D eigenvalue weighted by Crippen LogP contribution is -2.37. The summed E-state index contributed by atoms with van der Waals surface area (Å²) in [5.41, 5.74) is 3.66. The molecule has 1 aromatic heterocycles. The number of fused-ring (bicyclic) bond motifs is 3. The zero-order chi connectivity index (χ0) is 23.5. The van der Waals surface area contributed by atoms with Gasteiger partial charge in [-0.2, -0.15) is 4.98 Å². The van der Waals surface area contributed by atoms with Crippen molar-refractivity contribution in [3.05, 3.63) is 59.4 Å². The van der Waals surface area contributed by atoms with Gasteiger partial charge in [0.1, 0.15) is 5.82 Å². The molecule has 4 rings (SSSR count). The molecule has 0 bridgehead atoms. The second-order valence-corrected chi connectivity index (χ2v) is 9.28. The minimum absolute atomic E-state index is 0.120. The molecule has 0 saturated heterocycles. The summed E-state index contributed by atoms with van der Waals surface area (Å²) < 4.78 is 20.0. The molecule has 0 radical (unpaired) electrons. The SMILES string of the molecule is CCC(=O)N1c2ccc(CC)cc2-c2nnc(SCC(C)C)nc2OC1c1ccc(F)cc1. The van der Waals surface area contributed by atoms with Gasteiger partial charge in [-0.3, -0.25) is 9.69 Å². The maximum absolute atomic E-state index is 13.7. The van der Waals surface area contributed by atoms with Crippen molar-refractivity contribution >= 4 is 23.4 Å². The molecule has 33 heavy (non-hydrogen) atoms. The molecule has 0 fully saturated rings. The third-order valence-electron chi connectivity index (χ3n) is 5.35. The summed E-state index contributed by atoms with van der Waals surface area (Å²) in [6.07, 6.45) is 0.293. The Hall–Kier alpha value is -3.00. The van der Waals surface area contributed by atoms with Gasteiger partial charge in [0.05, 0.1) is 5.69 Å². The molecule has 6 nitrogen and oxygen atoms in total. The van der Waals surface area contributed by atoms with E-state index in [2.05, 4.69) is 36.0 Å². The van der Waals surface area contributed by atoms with Crippen molar-refractivity contribution in [2.75, 3.05) is 10.7 Å². The first-order valence-electron chi connectivity index (χ1n) is 11.2. The van der Waals surface area contributed by atoms with Gasteiger partial charge in [-0.1, -0.05) is 57.7 Å². The number of carbonyl (C=O) groups excluding carboxylic acids is 1. The van der Waals surface area contributed by atoms with Crippen molar-refractivity contribution < 1.29 is 13.9 Å². The topological polar surface area (TPSA) is 68.2 Å². The number of aromatic nitrogens is 3. The van der Waals surface area contributed by atoms with Gasteiger partial charge >= 0.3 is 0 Å². The van der Waals surface area contributed by atoms with Crippen LogP contribution in [0.1, 0.15) is 51.5 Å². The minimum Gasteiger partial charge on any atom is -0.447 e. The highest BCUT2D eigenvalue weighted by molar-refractivity contribution is 7.99. The second-order valence-electron chi connectivity index (χ2n) is 8.30. The molecule has 2 heterocycles. The van der Waals surface area contributed by atoms with E-state index in [4.69, 9.17) is 4.74 Å². The summed E-state index contributed by atoms with van der Waals surface area (Å²) in [5, 5.41) is 9.33. The molecule has 0 N–H and O–H groups in total. The van der Waals surface area contributed by atoms with Gasteiger partial charge < -0.3 is 4.74 Å². The molecular weight excluding hydrogens is 439 g/mol. The molecule has 1 unspecified atom stereocenters. The van der Waals surface area contributed by atoms with Crippen LogP contribution in [0.25, 0.3) is 11.3 Å². The van der Waals surface area contributed by atoms with Crippen molar-refractivity contribution in [2.45, 2.75) is 51.9 Å². The van der Waals surface area contributed by atoms with Gasteiger partial charge in [0.2, 0.25) is 23.2 Å². The summed E-state index contributed by atoms with van der Waals surface area (Å²) in [4.78, 5) is 19.5. The van der Waals surface area contributed by atoms with E-state index in [1.165, 1.54) is 23.9 Å². The van der Waals surface area contributed by atoms with Crippen LogP contribution in [0.2, 0.25) is 0 Å². The predicted molar refractivity (Wildman–Crippen MR) is 128 cm³/mol. The van der Waals surface area contributed by atoms with Crippen LogP contribution in [0, 0.1) is 11.7 Å². The maximum Gasteiger partial charge on any atom is 0.247 e. The highest BCUT2D eigenvalue weighted by Crippen LogP contribution is 2.44. The number of anilines is 1. The third-order valence-corrected chi connectivity index (χ3v) is 6.61. The Morgan fingerprint density at radius 1 is 1.15 bits per heavy atom. The fraction of sp³-hybridized carbons (Fsp3) is 0.360. The molecule has 2 aromatic carbocycles. The Labute approximate surface area is 197 Å². The number of thioether (sulfide) groups is 1. The van der Waals surface area contributed by atoms with Gasteiger partial charge in [-0.25, -0.2) is 4.39 Å². The summed E-state index contributed by atoms with van der Waals surface area (Å²) in [6.45, 7) is 8.13. The van der Waals surface area contributed by atoms with E-state index in [0.717, 1.165) is 23.3 Å². The number of benzene rings is 2.